The first-order valence-electron chi connectivity index (χ1n) is 6.93. The lowest BCUT2D eigenvalue weighted by Crippen LogP contribution is -2.53. The van der Waals surface area contributed by atoms with Gasteiger partial charge in [-0.15, -0.1) is 6.58 Å². The Morgan fingerprint density at radius 2 is 2.00 bits per heavy atom. The average Bonchev–Trinajstić information content (AvgIpc) is 2.54. The number of primary amides is 1. The number of hydrogen-bond acceptors (Lipinski definition) is 5. The molecule has 124 valence electrons. The largest absolute Gasteiger partial charge is 0.484 e. The normalized spacial score (nSPS) is 16.1. The lowest BCUT2D eigenvalue weighted by molar-refractivity contribution is -0.128. The Bertz CT molecular complexity index is 740. The van der Waals surface area contributed by atoms with Crippen LogP contribution in [-0.2, 0) is 14.4 Å². The molecule has 0 spiro atoms. The van der Waals surface area contributed by atoms with Crippen LogP contribution in [0.3, 0.4) is 0 Å². The van der Waals surface area contributed by atoms with E-state index in [1.807, 2.05) is 0 Å². The third kappa shape index (κ3) is 4.05. The number of carbonyl (C=O) groups excluding carboxylic acids is 3. The van der Waals surface area contributed by atoms with Crippen LogP contribution in [0.4, 0.5) is 0 Å². The van der Waals surface area contributed by atoms with Crippen LogP contribution in [0.1, 0.15) is 5.56 Å². The number of nitrogens with zero attached hydrogens (tertiary/aromatic N) is 1. The van der Waals surface area contributed by atoms with Gasteiger partial charge in [0.25, 0.3) is 17.7 Å². The lowest BCUT2D eigenvalue weighted by atomic mass is 10.1. The second-order valence-corrected chi connectivity index (χ2v) is 5.23. The third-order valence-electron chi connectivity index (χ3n) is 3.07. The van der Waals surface area contributed by atoms with E-state index in [-0.39, 0.29) is 23.8 Å². The molecule has 1 fully saturated rings. The molecule has 0 saturated carbocycles. The van der Waals surface area contributed by atoms with Crippen molar-refractivity contribution in [1.29, 1.82) is 0 Å². The highest BCUT2D eigenvalue weighted by atomic mass is 32.1. The maximum absolute atomic E-state index is 12.4. The maximum Gasteiger partial charge on any atom is 0.265 e. The van der Waals surface area contributed by atoms with Gasteiger partial charge in [-0.2, -0.15) is 0 Å². The SMILES string of the molecule is C=CCN1C(=O)/C(=C/c2ccc(OCC(N)=O)cc2)C(=O)NC1=S. The van der Waals surface area contributed by atoms with Crippen LogP contribution in [0.2, 0.25) is 0 Å². The van der Waals surface area contributed by atoms with Gasteiger partial charge in [-0.05, 0) is 36.0 Å². The van der Waals surface area contributed by atoms with E-state index in [0.717, 1.165) is 0 Å². The molecule has 3 N–H and O–H groups in total. The van der Waals surface area contributed by atoms with Gasteiger partial charge in [-0.25, -0.2) is 0 Å². The van der Waals surface area contributed by atoms with Crippen LogP contribution >= 0.6 is 12.2 Å². The Labute approximate surface area is 143 Å². The van der Waals surface area contributed by atoms with Gasteiger partial charge in [-0.3, -0.25) is 24.6 Å². The number of ether oxygens (including phenoxy) is 1. The fourth-order valence-electron chi connectivity index (χ4n) is 1.97. The van der Waals surface area contributed by atoms with E-state index < -0.39 is 17.7 Å². The molecule has 0 aliphatic carbocycles. The summed E-state index contributed by atoms with van der Waals surface area (Å²) in [6.45, 7) is 3.54. The highest BCUT2D eigenvalue weighted by molar-refractivity contribution is 7.80. The van der Waals surface area contributed by atoms with Crippen LogP contribution in [0.25, 0.3) is 6.08 Å². The quantitative estimate of drug-likeness (QED) is 0.336. The zero-order valence-corrected chi connectivity index (χ0v) is 13.5. The van der Waals surface area contributed by atoms with Gasteiger partial charge in [0.15, 0.2) is 11.7 Å². The molecule has 0 bridgehead atoms. The van der Waals surface area contributed by atoms with Gasteiger partial charge in [0, 0.05) is 6.54 Å². The van der Waals surface area contributed by atoms with Crippen molar-refractivity contribution in [2.75, 3.05) is 13.2 Å². The van der Waals surface area contributed by atoms with Gasteiger partial charge < -0.3 is 10.5 Å². The van der Waals surface area contributed by atoms with Gasteiger partial charge in [-0.1, -0.05) is 18.2 Å². The van der Waals surface area contributed by atoms with Crippen molar-refractivity contribution in [3.8, 4) is 5.75 Å². The fourth-order valence-corrected chi connectivity index (χ4v) is 2.22. The Balaban J connectivity index is 2.20. The monoisotopic (exact) mass is 345 g/mol. The number of amides is 3. The summed E-state index contributed by atoms with van der Waals surface area (Å²) < 4.78 is 5.14. The summed E-state index contributed by atoms with van der Waals surface area (Å²) in [5, 5.41) is 2.52. The van der Waals surface area contributed by atoms with Crippen molar-refractivity contribution in [2.45, 2.75) is 0 Å². The Morgan fingerprint density at radius 3 is 2.58 bits per heavy atom. The molecule has 0 atom stereocenters. The molecule has 1 saturated heterocycles. The maximum atomic E-state index is 12.4. The molecular weight excluding hydrogens is 330 g/mol. The third-order valence-corrected chi connectivity index (χ3v) is 3.39. The Kier molecular flexibility index (Phi) is 5.43. The van der Waals surface area contributed by atoms with E-state index in [9.17, 15) is 14.4 Å². The second kappa shape index (κ2) is 7.51. The van der Waals surface area contributed by atoms with Gasteiger partial charge in [0.05, 0.1) is 0 Å². The first kappa shape index (κ1) is 17.4. The standard InChI is InChI=1S/C16H15N3O4S/c1-2-7-19-15(22)12(14(21)18-16(19)24)8-10-3-5-11(6-4-10)23-9-13(17)20/h2-6,8H,1,7,9H2,(H2,17,20)(H,18,21,24)/b12-8+. The molecule has 1 aliphatic heterocycles. The van der Waals surface area contributed by atoms with E-state index in [0.29, 0.717) is 11.3 Å². The second-order valence-electron chi connectivity index (χ2n) is 4.85. The molecule has 1 aliphatic rings. The van der Waals surface area contributed by atoms with Crippen LogP contribution in [0.15, 0.2) is 42.5 Å². The molecule has 1 heterocycles. The van der Waals surface area contributed by atoms with E-state index in [1.165, 1.54) is 17.1 Å². The fraction of sp³-hybridized carbons (Fsp3) is 0.125. The number of nitrogens with two attached hydrogens (primary N) is 1. The zero-order valence-electron chi connectivity index (χ0n) is 12.7. The van der Waals surface area contributed by atoms with E-state index in [2.05, 4.69) is 11.9 Å². The molecule has 0 radical (unpaired) electrons. The summed E-state index contributed by atoms with van der Waals surface area (Å²) in [6, 6.07) is 6.50. The van der Waals surface area contributed by atoms with E-state index in [4.69, 9.17) is 22.7 Å². The number of benzene rings is 1. The molecule has 1 aromatic rings. The molecule has 24 heavy (non-hydrogen) atoms. The first-order valence-corrected chi connectivity index (χ1v) is 7.34. The highest BCUT2D eigenvalue weighted by Crippen LogP contribution is 2.17. The van der Waals surface area contributed by atoms with Gasteiger partial charge in [0.1, 0.15) is 11.3 Å². The summed E-state index contributed by atoms with van der Waals surface area (Å²) in [6.07, 6.45) is 2.97. The minimum atomic E-state index is -0.580. The number of nitrogens with one attached hydrogen (secondary N) is 1. The smallest absolute Gasteiger partial charge is 0.265 e. The van der Waals surface area contributed by atoms with Crippen LogP contribution in [-0.4, -0.2) is 40.9 Å². The first-order chi connectivity index (χ1) is 11.4. The van der Waals surface area contributed by atoms with Crippen molar-refractivity contribution < 1.29 is 19.1 Å². The van der Waals surface area contributed by atoms with Crippen molar-refractivity contribution in [2.24, 2.45) is 5.73 Å². The zero-order chi connectivity index (χ0) is 17.7. The predicted molar refractivity (Wildman–Crippen MR) is 91.8 cm³/mol. The molecule has 3 amide bonds. The number of carbonyl (C=O) groups is 3. The molecule has 1 aromatic carbocycles. The predicted octanol–water partition coefficient (Wildman–Crippen LogP) is 0.363. The Morgan fingerprint density at radius 1 is 1.33 bits per heavy atom. The molecule has 2 rings (SSSR count). The summed E-state index contributed by atoms with van der Waals surface area (Å²) in [5.74, 6) is -1.18. The summed E-state index contributed by atoms with van der Waals surface area (Å²) >= 11 is 4.98. The summed E-state index contributed by atoms with van der Waals surface area (Å²) in [7, 11) is 0. The van der Waals surface area contributed by atoms with Crippen molar-refractivity contribution >= 4 is 41.1 Å². The van der Waals surface area contributed by atoms with E-state index >= 15 is 0 Å². The molecular formula is C16H15N3O4S. The minimum absolute atomic E-state index is 0.0312. The summed E-state index contributed by atoms with van der Waals surface area (Å²) in [5.41, 5.74) is 5.58. The molecule has 0 unspecified atom stereocenters. The van der Waals surface area contributed by atoms with Crippen LogP contribution < -0.4 is 15.8 Å². The van der Waals surface area contributed by atoms with Crippen LogP contribution in [0.5, 0.6) is 5.75 Å². The average molecular weight is 345 g/mol. The number of rotatable bonds is 6. The van der Waals surface area contributed by atoms with E-state index in [1.54, 1.807) is 24.3 Å². The van der Waals surface area contributed by atoms with Crippen LogP contribution in [0, 0.1) is 0 Å². The van der Waals surface area contributed by atoms with Crippen molar-refractivity contribution in [1.82, 2.24) is 10.2 Å². The number of hydrogen-bond donors (Lipinski definition) is 2. The van der Waals surface area contributed by atoms with Gasteiger partial charge >= 0.3 is 0 Å². The molecule has 0 aromatic heterocycles. The van der Waals surface area contributed by atoms with Gasteiger partial charge in [0.2, 0.25) is 0 Å². The highest BCUT2D eigenvalue weighted by Gasteiger charge is 2.32. The Hall–Kier alpha value is -3.00. The van der Waals surface area contributed by atoms with Crippen molar-refractivity contribution in [3.63, 3.8) is 0 Å². The molecule has 7 nitrogen and oxygen atoms in total. The minimum Gasteiger partial charge on any atom is -0.484 e. The summed E-state index contributed by atoms with van der Waals surface area (Å²) in [4.78, 5) is 36.3. The molecule has 8 heteroatoms. The number of thiocarbonyl (C=S) groups is 1. The lowest BCUT2D eigenvalue weighted by Gasteiger charge is -2.27. The van der Waals surface area contributed by atoms with Crippen molar-refractivity contribution in [3.05, 3.63) is 48.1 Å². The topological polar surface area (TPSA) is 102 Å².